The predicted molar refractivity (Wildman–Crippen MR) is 360 cm³/mol. The molecule has 0 aliphatic rings. The van der Waals surface area contributed by atoms with Crippen LogP contribution < -0.4 is 0 Å². The van der Waals surface area contributed by atoms with Gasteiger partial charge in [-0.1, -0.05) is 162 Å². The summed E-state index contributed by atoms with van der Waals surface area (Å²) < 4.78 is 234. The molecule has 0 heterocycles. The van der Waals surface area contributed by atoms with Crippen LogP contribution in [0.4, 0.5) is 74.6 Å². The fourth-order valence-corrected chi connectivity index (χ4v) is 11.0. The molecule has 17 heteroatoms. The molecule has 0 saturated carbocycles. The van der Waals surface area contributed by atoms with E-state index in [4.69, 9.17) is 0 Å². The fourth-order valence-electron chi connectivity index (χ4n) is 11.0. The summed E-state index contributed by atoms with van der Waals surface area (Å²) in [5, 5.41) is 0. The zero-order valence-corrected chi connectivity index (χ0v) is 54.3. The quantitative estimate of drug-likeness (QED) is 0.0752. The predicted octanol–water partition coefficient (Wildman–Crippen LogP) is 25.8. The van der Waals surface area contributed by atoms with Crippen LogP contribution in [0.2, 0.25) is 0 Å². The molecule has 0 atom stereocenters. The molecule has 0 spiro atoms. The molecule has 0 N–H and O–H groups in total. The largest absolute Gasteiger partial charge is 0.207 e. The topological polar surface area (TPSA) is 0 Å². The second-order valence-electron chi connectivity index (χ2n) is 23.3. The van der Waals surface area contributed by atoms with E-state index in [9.17, 15) is 74.6 Å². The molecule has 0 aliphatic heterocycles. The van der Waals surface area contributed by atoms with E-state index >= 15 is 0 Å². The van der Waals surface area contributed by atoms with Crippen LogP contribution in [0.15, 0.2) is 206 Å². The summed E-state index contributed by atoms with van der Waals surface area (Å²) in [6, 6.07) is 49.7. The second-order valence-corrected chi connectivity index (χ2v) is 23.3. The third-order valence-corrected chi connectivity index (χ3v) is 16.5. The van der Waals surface area contributed by atoms with Gasteiger partial charge in [0.05, 0.1) is 11.1 Å². The van der Waals surface area contributed by atoms with E-state index in [-0.39, 0.29) is 33.4 Å². The highest BCUT2D eigenvalue weighted by molar-refractivity contribution is 5.76. The molecule has 12 aromatic rings. The van der Waals surface area contributed by atoms with Crippen LogP contribution in [0.3, 0.4) is 0 Å². The van der Waals surface area contributed by atoms with Crippen LogP contribution in [0, 0.1) is 106 Å². The Morgan fingerprint density at radius 1 is 0.200 bits per heavy atom. The summed E-state index contributed by atoms with van der Waals surface area (Å²) >= 11 is 0. The third kappa shape index (κ3) is 17.5. The molecule has 100 heavy (non-hydrogen) atoms. The Morgan fingerprint density at radius 3 is 0.680 bits per heavy atom. The van der Waals surface area contributed by atoms with Gasteiger partial charge in [-0.15, -0.1) is 0 Å². The van der Waals surface area contributed by atoms with Crippen molar-refractivity contribution < 1.29 is 74.6 Å². The van der Waals surface area contributed by atoms with Gasteiger partial charge < -0.3 is 0 Å². The average molecular weight is 1380 g/mol. The number of benzene rings is 12. The van der Waals surface area contributed by atoms with E-state index in [1.54, 1.807) is 24.3 Å². The van der Waals surface area contributed by atoms with Crippen LogP contribution in [0.1, 0.15) is 68.4 Å². The summed E-state index contributed by atoms with van der Waals surface area (Å²) in [5.41, 5.74) is 7.74. The van der Waals surface area contributed by atoms with Crippen molar-refractivity contribution in [2.75, 3.05) is 0 Å². The van der Waals surface area contributed by atoms with Gasteiger partial charge in [0.1, 0.15) is 46.5 Å². The van der Waals surface area contributed by atoms with Gasteiger partial charge in [-0.3, -0.25) is 0 Å². The number of rotatable bonds is 14. The molecule has 12 aromatic carbocycles. The van der Waals surface area contributed by atoms with E-state index in [1.807, 2.05) is 98.8 Å². The summed E-state index contributed by atoms with van der Waals surface area (Å²) in [6.07, 6.45) is 5.73. The lowest BCUT2D eigenvalue weighted by atomic mass is 9.97. The summed E-state index contributed by atoms with van der Waals surface area (Å²) in [4.78, 5) is 0. The van der Waals surface area contributed by atoms with Gasteiger partial charge in [-0.05, 0) is 207 Å². The lowest BCUT2D eigenvalue weighted by Crippen LogP contribution is -1.97. The number of hydrogen-bond acceptors (Lipinski definition) is 0. The van der Waals surface area contributed by atoms with Gasteiger partial charge in [-0.25, -0.2) is 74.6 Å². The standard InChI is InChI=1S/C22H18F4.C21H16F4.C20H13F5.C20H14F4/c1-3-4-14-5-7-15(8-6-14)16-9-20(25)22(21(26)10-16)17-11-18(23)13(2)19(24)12-17;1-2-3-13-4-6-14(7-5-13)15-8-9-17(18(22)10-15)16-11-19(23)21(25)20(24)12-16;1-2-11-3-5-12(6-4-11)13-7-15(21)19(16(22)8-13)14-9-17(23)20(25)18(24)10-14;1-2-12-3-5-13(6-4-12)14-7-8-16(17(21)9-14)15-10-18(22)20(24)19(23)11-15/h5-12H,3-4H2,1-2H3;4-12H,2-3H2,1H3;3-10H,2H2,1H3;3-11H,2H2,1H3. The number of hydrogen-bond donors (Lipinski definition) is 0. The lowest BCUT2D eigenvalue weighted by molar-refractivity contribution is 0.447. The van der Waals surface area contributed by atoms with E-state index in [2.05, 4.69) is 13.8 Å². The molecule has 0 aliphatic carbocycles. The highest BCUT2D eigenvalue weighted by atomic mass is 19.2. The normalized spacial score (nSPS) is 10.9. The minimum absolute atomic E-state index is 0.0155. The van der Waals surface area contributed by atoms with Crippen molar-refractivity contribution in [2.24, 2.45) is 0 Å². The Kier molecular flexibility index (Phi) is 24.2. The van der Waals surface area contributed by atoms with Crippen molar-refractivity contribution in [3.05, 3.63) is 333 Å². The first-order chi connectivity index (χ1) is 47.8. The molecule has 0 bridgehead atoms. The first-order valence-electron chi connectivity index (χ1n) is 31.6. The van der Waals surface area contributed by atoms with Gasteiger partial charge in [-0.2, -0.15) is 0 Å². The summed E-state index contributed by atoms with van der Waals surface area (Å²) in [7, 11) is 0. The number of aryl methyl sites for hydroxylation is 4. The maximum absolute atomic E-state index is 14.6. The molecule has 0 aromatic heterocycles. The van der Waals surface area contributed by atoms with Gasteiger partial charge in [0, 0.05) is 16.7 Å². The van der Waals surface area contributed by atoms with Crippen LogP contribution in [-0.2, 0) is 25.7 Å². The first kappa shape index (κ1) is 73.7. The van der Waals surface area contributed by atoms with Gasteiger partial charge in [0.2, 0.25) is 0 Å². The van der Waals surface area contributed by atoms with Gasteiger partial charge in [0.25, 0.3) is 0 Å². The highest BCUT2D eigenvalue weighted by Gasteiger charge is 2.22. The highest BCUT2D eigenvalue weighted by Crippen LogP contribution is 2.37. The van der Waals surface area contributed by atoms with Crippen molar-refractivity contribution in [1.29, 1.82) is 0 Å². The molecule has 0 fully saturated rings. The van der Waals surface area contributed by atoms with Crippen LogP contribution in [0.5, 0.6) is 0 Å². The summed E-state index contributed by atoms with van der Waals surface area (Å²) in [6.45, 7) is 9.48. The molecule has 0 unspecified atom stereocenters. The van der Waals surface area contributed by atoms with Crippen LogP contribution in [-0.4, -0.2) is 0 Å². The molecular weight excluding hydrogens is 1320 g/mol. The van der Waals surface area contributed by atoms with Crippen molar-refractivity contribution in [3.63, 3.8) is 0 Å². The third-order valence-electron chi connectivity index (χ3n) is 16.5. The monoisotopic (exact) mass is 1380 g/mol. The number of halogens is 17. The van der Waals surface area contributed by atoms with Crippen molar-refractivity contribution in [3.8, 4) is 89.0 Å². The summed E-state index contributed by atoms with van der Waals surface area (Å²) in [5.74, 6) is -19.8. The molecule has 0 amide bonds. The molecule has 0 nitrogen and oxygen atoms in total. The van der Waals surface area contributed by atoms with E-state index < -0.39 is 116 Å². The van der Waals surface area contributed by atoms with Crippen molar-refractivity contribution in [2.45, 2.75) is 73.1 Å². The zero-order valence-electron chi connectivity index (χ0n) is 54.3. The molecular formula is C83H61F17. The maximum atomic E-state index is 14.6. The Hall–Kier alpha value is -10.6. The maximum Gasteiger partial charge on any atom is 0.194 e. The van der Waals surface area contributed by atoms with Gasteiger partial charge in [0.15, 0.2) is 52.4 Å². The van der Waals surface area contributed by atoms with E-state index in [0.29, 0.717) is 45.5 Å². The van der Waals surface area contributed by atoms with E-state index in [1.165, 1.54) is 54.4 Å². The lowest BCUT2D eigenvalue weighted by Gasteiger charge is -2.11. The van der Waals surface area contributed by atoms with Crippen molar-refractivity contribution in [1.82, 2.24) is 0 Å². The first-order valence-corrected chi connectivity index (χ1v) is 31.6. The smallest absolute Gasteiger partial charge is 0.194 e. The van der Waals surface area contributed by atoms with Crippen LogP contribution >= 0.6 is 0 Å². The Morgan fingerprint density at radius 2 is 0.420 bits per heavy atom. The Bertz CT molecular complexity index is 4750. The Labute approximate surface area is 567 Å². The zero-order chi connectivity index (χ0) is 72.2. The SMILES string of the molecule is CCCc1ccc(-c2cc(F)c(-c3cc(F)c(C)c(F)c3)c(F)c2)cc1.CCCc1ccc(-c2ccc(-c3cc(F)c(F)c(F)c3)c(F)c2)cc1.CCc1ccc(-c2cc(F)c(-c3cc(F)c(F)c(F)c3)c(F)c2)cc1.CCc1ccc(-c2ccc(-c3cc(F)c(F)c(F)c3)c(F)c2)cc1. The molecule has 12 rings (SSSR count). The van der Waals surface area contributed by atoms with Crippen LogP contribution in [0.25, 0.3) is 89.0 Å². The molecule has 512 valence electrons. The molecule has 0 radical (unpaired) electrons. The fraction of sp³-hybridized carbons (Fsp3) is 0.133. The minimum Gasteiger partial charge on any atom is -0.207 e. The van der Waals surface area contributed by atoms with E-state index in [0.717, 1.165) is 109 Å². The minimum atomic E-state index is -1.68. The van der Waals surface area contributed by atoms with Crippen molar-refractivity contribution >= 4 is 0 Å². The molecule has 0 saturated heterocycles. The van der Waals surface area contributed by atoms with Gasteiger partial charge >= 0.3 is 0 Å². The second kappa shape index (κ2) is 32.9. The Balaban J connectivity index is 0.000000156. The average Bonchev–Trinajstić information content (AvgIpc) is 0.800.